The normalized spacial score (nSPS) is 11.7. The number of methoxy groups -OCH3 is 1. The number of nitrogens with one attached hydrogen (secondary N) is 2. The smallest absolute Gasteiger partial charge is 0.171 e. The average molecular weight is 328 g/mol. The zero-order chi connectivity index (χ0) is 16.8. The van der Waals surface area contributed by atoms with Crippen molar-refractivity contribution in [1.82, 2.24) is 5.32 Å². The monoisotopic (exact) mass is 328 g/mol. The van der Waals surface area contributed by atoms with Gasteiger partial charge in [-0.1, -0.05) is 37.3 Å². The molecule has 0 aliphatic rings. The maximum atomic E-state index is 5.43. The van der Waals surface area contributed by atoms with Crippen molar-refractivity contribution < 1.29 is 4.74 Å². The van der Waals surface area contributed by atoms with Gasteiger partial charge in [0.1, 0.15) is 5.75 Å². The van der Waals surface area contributed by atoms with E-state index in [1.54, 1.807) is 7.11 Å². The second-order valence-electron chi connectivity index (χ2n) is 5.62. The molecule has 0 amide bonds. The Kier molecular flexibility index (Phi) is 5.99. The molecule has 0 aliphatic carbocycles. The van der Waals surface area contributed by atoms with E-state index in [0.29, 0.717) is 5.11 Å². The minimum absolute atomic E-state index is 0.136. The van der Waals surface area contributed by atoms with Crippen molar-refractivity contribution in [3.8, 4) is 5.75 Å². The van der Waals surface area contributed by atoms with Crippen LogP contribution in [0.1, 0.15) is 36.6 Å². The predicted molar refractivity (Wildman–Crippen MR) is 101 cm³/mol. The summed E-state index contributed by atoms with van der Waals surface area (Å²) in [6.45, 7) is 6.30. The summed E-state index contributed by atoms with van der Waals surface area (Å²) in [6, 6.07) is 14.7. The van der Waals surface area contributed by atoms with Crippen LogP contribution in [-0.2, 0) is 6.42 Å². The molecule has 2 aromatic carbocycles. The van der Waals surface area contributed by atoms with E-state index in [0.717, 1.165) is 23.4 Å². The van der Waals surface area contributed by atoms with E-state index in [1.807, 2.05) is 25.1 Å². The topological polar surface area (TPSA) is 33.3 Å². The fourth-order valence-electron chi connectivity index (χ4n) is 2.40. The summed E-state index contributed by atoms with van der Waals surface area (Å²) >= 11 is 5.43. The number of anilines is 1. The van der Waals surface area contributed by atoms with Crippen LogP contribution in [0.5, 0.6) is 5.75 Å². The maximum absolute atomic E-state index is 5.43. The Morgan fingerprint density at radius 1 is 1.17 bits per heavy atom. The van der Waals surface area contributed by atoms with Crippen LogP contribution in [0.15, 0.2) is 42.5 Å². The van der Waals surface area contributed by atoms with E-state index in [2.05, 4.69) is 48.7 Å². The molecule has 4 heteroatoms. The minimum Gasteiger partial charge on any atom is -0.495 e. The lowest BCUT2D eigenvalue weighted by Gasteiger charge is -2.19. The van der Waals surface area contributed by atoms with Crippen molar-refractivity contribution in [2.45, 2.75) is 33.2 Å². The molecule has 0 unspecified atom stereocenters. The minimum atomic E-state index is 0.136. The lowest BCUT2D eigenvalue weighted by molar-refractivity contribution is 0.417. The van der Waals surface area contributed by atoms with Crippen LogP contribution in [0, 0.1) is 6.92 Å². The molecule has 0 saturated heterocycles. The molecule has 2 aromatic rings. The van der Waals surface area contributed by atoms with Gasteiger partial charge >= 0.3 is 0 Å². The van der Waals surface area contributed by atoms with Gasteiger partial charge in [-0.3, -0.25) is 0 Å². The molecular weight excluding hydrogens is 304 g/mol. The Morgan fingerprint density at radius 3 is 2.48 bits per heavy atom. The summed E-state index contributed by atoms with van der Waals surface area (Å²) in [5, 5.41) is 7.12. The van der Waals surface area contributed by atoms with Gasteiger partial charge in [0.15, 0.2) is 5.11 Å². The molecule has 0 spiro atoms. The summed E-state index contributed by atoms with van der Waals surface area (Å²) < 4.78 is 5.37. The third-order valence-electron chi connectivity index (χ3n) is 3.84. The zero-order valence-electron chi connectivity index (χ0n) is 14.1. The number of hydrogen-bond acceptors (Lipinski definition) is 2. The Bertz CT molecular complexity index is 668. The lowest BCUT2D eigenvalue weighted by atomic mass is 10.1. The molecular formula is C19H24N2OS. The van der Waals surface area contributed by atoms with Crippen LogP contribution in [-0.4, -0.2) is 12.2 Å². The highest BCUT2D eigenvalue weighted by molar-refractivity contribution is 7.80. The van der Waals surface area contributed by atoms with E-state index in [9.17, 15) is 0 Å². The first kappa shape index (κ1) is 17.3. The molecule has 2 N–H and O–H groups in total. The van der Waals surface area contributed by atoms with Crippen molar-refractivity contribution in [1.29, 1.82) is 0 Å². The second-order valence-corrected chi connectivity index (χ2v) is 6.03. The average Bonchev–Trinajstić information content (AvgIpc) is 2.55. The molecule has 23 heavy (non-hydrogen) atoms. The first-order valence-corrected chi connectivity index (χ1v) is 8.25. The largest absolute Gasteiger partial charge is 0.495 e. The summed E-state index contributed by atoms with van der Waals surface area (Å²) in [7, 11) is 1.66. The van der Waals surface area contributed by atoms with E-state index < -0.39 is 0 Å². The van der Waals surface area contributed by atoms with Gasteiger partial charge in [0, 0.05) is 0 Å². The van der Waals surface area contributed by atoms with Crippen molar-refractivity contribution in [3.05, 3.63) is 59.2 Å². The van der Waals surface area contributed by atoms with Gasteiger partial charge in [0.25, 0.3) is 0 Å². The number of hydrogen-bond donors (Lipinski definition) is 2. The zero-order valence-corrected chi connectivity index (χ0v) is 15.0. The molecule has 2 rings (SSSR count). The van der Waals surface area contributed by atoms with Crippen LogP contribution in [0.2, 0.25) is 0 Å². The van der Waals surface area contributed by atoms with Crippen LogP contribution in [0.4, 0.5) is 5.69 Å². The molecule has 0 saturated carbocycles. The molecule has 1 atom stereocenters. The summed E-state index contributed by atoms with van der Waals surface area (Å²) in [5.74, 6) is 0.778. The Hall–Kier alpha value is -2.07. The third kappa shape index (κ3) is 4.70. The molecule has 0 aromatic heterocycles. The number of rotatable bonds is 5. The van der Waals surface area contributed by atoms with E-state index in [4.69, 9.17) is 17.0 Å². The molecule has 0 aliphatic heterocycles. The molecule has 0 fully saturated rings. The van der Waals surface area contributed by atoms with Gasteiger partial charge < -0.3 is 15.4 Å². The highest BCUT2D eigenvalue weighted by Crippen LogP contribution is 2.25. The predicted octanol–water partition coefficient (Wildman–Crippen LogP) is 4.61. The quantitative estimate of drug-likeness (QED) is 0.785. The first-order valence-electron chi connectivity index (χ1n) is 7.84. The first-order chi connectivity index (χ1) is 11.0. The standard InChI is InChI=1S/C19H24N2OS/c1-5-15-7-9-16(10-8-15)14(3)20-19(23)21-17-12-13(2)6-11-18(17)22-4/h6-12,14H,5H2,1-4H3,(H2,20,21,23)/t14-/m0/s1. The van der Waals surface area contributed by atoms with E-state index >= 15 is 0 Å². The van der Waals surface area contributed by atoms with Crippen LogP contribution in [0.25, 0.3) is 0 Å². The summed E-state index contributed by atoms with van der Waals surface area (Å²) in [5.41, 5.74) is 4.58. The van der Waals surface area contributed by atoms with Crippen LogP contribution >= 0.6 is 12.2 Å². The Balaban J connectivity index is 2.02. The van der Waals surface area contributed by atoms with Gasteiger partial charge in [-0.2, -0.15) is 0 Å². The van der Waals surface area contributed by atoms with E-state index in [1.165, 1.54) is 11.1 Å². The number of aryl methyl sites for hydroxylation is 2. The van der Waals surface area contributed by atoms with Crippen molar-refractivity contribution in [3.63, 3.8) is 0 Å². The Labute approximate surface area is 144 Å². The highest BCUT2D eigenvalue weighted by atomic mass is 32.1. The molecule has 0 radical (unpaired) electrons. The van der Waals surface area contributed by atoms with Crippen molar-refractivity contribution in [2.75, 3.05) is 12.4 Å². The number of ether oxygens (including phenoxy) is 1. The fraction of sp³-hybridized carbons (Fsp3) is 0.316. The SMILES string of the molecule is CCc1ccc([C@H](C)NC(=S)Nc2cc(C)ccc2OC)cc1. The van der Waals surface area contributed by atoms with Crippen molar-refractivity contribution in [2.24, 2.45) is 0 Å². The van der Waals surface area contributed by atoms with Gasteiger partial charge in [-0.25, -0.2) is 0 Å². The lowest BCUT2D eigenvalue weighted by Crippen LogP contribution is -2.31. The number of thiocarbonyl (C=S) groups is 1. The van der Waals surface area contributed by atoms with Gasteiger partial charge in [-0.15, -0.1) is 0 Å². The fourth-order valence-corrected chi connectivity index (χ4v) is 2.69. The maximum Gasteiger partial charge on any atom is 0.171 e. The third-order valence-corrected chi connectivity index (χ3v) is 4.06. The summed E-state index contributed by atoms with van der Waals surface area (Å²) in [6.07, 6.45) is 1.05. The van der Waals surface area contributed by atoms with Crippen LogP contribution < -0.4 is 15.4 Å². The molecule has 0 heterocycles. The highest BCUT2D eigenvalue weighted by Gasteiger charge is 2.09. The number of benzene rings is 2. The Morgan fingerprint density at radius 2 is 1.87 bits per heavy atom. The second kappa shape index (κ2) is 7.97. The molecule has 0 bridgehead atoms. The van der Waals surface area contributed by atoms with Crippen molar-refractivity contribution >= 4 is 23.0 Å². The summed E-state index contributed by atoms with van der Waals surface area (Å²) in [4.78, 5) is 0. The van der Waals surface area contributed by atoms with E-state index in [-0.39, 0.29) is 6.04 Å². The molecule has 122 valence electrons. The molecule has 3 nitrogen and oxygen atoms in total. The van der Waals surface area contributed by atoms with Crippen LogP contribution in [0.3, 0.4) is 0 Å². The van der Waals surface area contributed by atoms with Gasteiger partial charge in [-0.05, 0) is 61.3 Å². The van der Waals surface area contributed by atoms with Gasteiger partial charge in [0.2, 0.25) is 0 Å². The van der Waals surface area contributed by atoms with Gasteiger partial charge in [0.05, 0.1) is 18.8 Å².